The fourth-order valence-corrected chi connectivity index (χ4v) is 3.42. The van der Waals surface area contributed by atoms with Gasteiger partial charge in [0.1, 0.15) is 0 Å². The summed E-state index contributed by atoms with van der Waals surface area (Å²) in [6.07, 6.45) is 2.10. The first-order chi connectivity index (χ1) is 7.95. The maximum Gasteiger partial charge on any atom is 0.177 e. The zero-order valence-electron chi connectivity index (χ0n) is 11.2. The van der Waals surface area contributed by atoms with Gasteiger partial charge in [-0.05, 0) is 40.1 Å². The molecule has 17 heavy (non-hydrogen) atoms. The largest absolute Gasteiger partial charge is 0.295 e. The van der Waals surface area contributed by atoms with Gasteiger partial charge in [0.25, 0.3) is 0 Å². The molecule has 1 aromatic heterocycles. The van der Waals surface area contributed by atoms with Gasteiger partial charge in [-0.25, -0.2) is 0 Å². The Morgan fingerprint density at radius 1 is 1.53 bits per heavy atom. The summed E-state index contributed by atoms with van der Waals surface area (Å²) in [7, 11) is 2.02. The standard InChI is InChI=1S/C13H21NOS2/c1-9(8-16-5)14(4)7-13(15)12-6-10(2)17-11(12)3/h6,9H,7-8H2,1-5H3. The minimum absolute atomic E-state index is 0.238. The number of likely N-dealkylation sites (N-methyl/N-ethyl adjacent to an activating group) is 1. The van der Waals surface area contributed by atoms with Crippen molar-refractivity contribution in [3.05, 3.63) is 21.4 Å². The molecule has 0 radical (unpaired) electrons. The summed E-state index contributed by atoms with van der Waals surface area (Å²) in [5.74, 6) is 1.30. The summed E-state index contributed by atoms with van der Waals surface area (Å²) < 4.78 is 0. The first-order valence-electron chi connectivity index (χ1n) is 5.75. The lowest BCUT2D eigenvalue weighted by Crippen LogP contribution is -2.35. The number of ketones is 1. The van der Waals surface area contributed by atoms with Crippen LogP contribution in [0, 0.1) is 13.8 Å². The molecule has 4 heteroatoms. The van der Waals surface area contributed by atoms with Crippen molar-refractivity contribution in [3.8, 4) is 0 Å². The second-order valence-corrected chi connectivity index (χ2v) is 6.84. The second-order valence-electron chi connectivity index (χ2n) is 4.47. The zero-order chi connectivity index (χ0) is 13.0. The average Bonchev–Trinajstić information content (AvgIpc) is 2.58. The Labute approximate surface area is 112 Å². The van der Waals surface area contributed by atoms with Crippen LogP contribution >= 0.6 is 23.1 Å². The molecule has 1 rings (SSSR count). The second kappa shape index (κ2) is 6.57. The van der Waals surface area contributed by atoms with Crippen molar-refractivity contribution in [2.24, 2.45) is 0 Å². The molecule has 1 unspecified atom stereocenters. The summed E-state index contributed by atoms with van der Waals surface area (Å²) >= 11 is 3.52. The van der Waals surface area contributed by atoms with Crippen molar-refractivity contribution < 1.29 is 4.79 Å². The van der Waals surface area contributed by atoms with Crippen LogP contribution in [0.5, 0.6) is 0 Å². The van der Waals surface area contributed by atoms with E-state index < -0.39 is 0 Å². The molecule has 0 spiro atoms. The van der Waals surface area contributed by atoms with E-state index in [4.69, 9.17) is 0 Å². The quantitative estimate of drug-likeness (QED) is 0.741. The SMILES string of the molecule is CSCC(C)N(C)CC(=O)c1cc(C)sc1C. The van der Waals surface area contributed by atoms with Crippen LogP contribution < -0.4 is 0 Å². The zero-order valence-corrected chi connectivity index (χ0v) is 12.9. The summed E-state index contributed by atoms with van der Waals surface area (Å²) in [4.78, 5) is 16.6. The normalized spacial score (nSPS) is 13.1. The number of carbonyl (C=O) groups is 1. The molecule has 0 amide bonds. The highest BCUT2D eigenvalue weighted by molar-refractivity contribution is 7.98. The van der Waals surface area contributed by atoms with E-state index in [1.807, 2.05) is 31.8 Å². The van der Waals surface area contributed by atoms with Crippen molar-refractivity contribution in [1.82, 2.24) is 4.90 Å². The first kappa shape index (κ1) is 14.7. The molecule has 1 heterocycles. The number of aryl methyl sites for hydroxylation is 2. The summed E-state index contributed by atoms with van der Waals surface area (Å²) in [6.45, 7) is 6.75. The number of Topliss-reactive ketones (excluding diaryl/α,β-unsaturated/α-hetero) is 1. The van der Waals surface area contributed by atoms with Crippen LogP contribution in [0.1, 0.15) is 27.0 Å². The van der Waals surface area contributed by atoms with Crippen LogP contribution in [0.25, 0.3) is 0 Å². The molecule has 0 fully saturated rings. The number of nitrogens with zero attached hydrogens (tertiary/aromatic N) is 1. The lowest BCUT2D eigenvalue weighted by atomic mass is 10.1. The molecule has 0 aliphatic heterocycles. The van der Waals surface area contributed by atoms with E-state index >= 15 is 0 Å². The van der Waals surface area contributed by atoms with Crippen molar-refractivity contribution in [2.75, 3.05) is 25.6 Å². The van der Waals surface area contributed by atoms with Gasteiger partial charge >= 0.3 is 0 Å². The molecule has 1 atom stereocenters. The van der Waals surface area contributed by atoms with Gasteiger partial charge in [-0.3, -0.25) is 9.69 Å². The van der Waals surface area contributed by atoms with Crippen LogP contribution in [0.15, 0.2) is 6.07 Å². The number of thiophene rings is 1. The van der Waals surface area contributed by atoms with Gasteiger partial charge in [-0.1, -0.05) is 0 Å². The van der Waals surface area contributed by atoms with Gasteiger partial charge in [0.05, 0.1) is 6.54 Å². The van der Waals surface area contributed by atoms with E-state index in [2.05, 4.69) is 25.0 Å². The molecule has 0 bridgehead atoms. The maximum atomic E-state index is 12.2. The Morgan fingerprint density at radius 2 is 2.18 bits per heavy atom. The summed E-state index contributed by atoms with van der Waals surface area (Å²) in [5.41, 5.74) is 0.899. The fourth-order valence-electron chi connectivity index (χ4n) is 1.74. The molecule has 0 aromatic carbocycles. The van der Waals surface area contributed by atoms with E-state index in [1.54, 1.807) is 11.3 Å². The van der Waals surface area contributed by atoms with E-state index in [-0.39, 0.29) is 5.78 Å². The van der Waals surface area contributed by atoms with Gasteiger partial charge < -0.3 is 0 Å². The Hall–Kier alpha value is -0.320. The van der Waals surface area contributed by atoms with E-state index in [0.29, 0.717) is 12.6 Å². The third-order valence-corrected chi connectivity index (χ3v) is 4.68. The third-order valence-electron chi connectivity index (χ3n) is 2.89. The molecule has 0 N–H and O–H groups in total. The van der Waals surface area contributed by atoms with Crippen molar-refractivity contribution in [2.45, 2.75) is 26.8 Å². The molecule has 2 nitrogen and oxygen atoms in total. The molecular weight excluding hydrogens is 250 g/mol. The first-order valence-corrected chi connectivity index (χ1v) is 7.96. The smallest absolute Gasteiger partial charge is 0.177 e. The Morgan fingerprint density at radius 3 is 2.65 bits per heavy atom. The average molecular weight is 271 g/mol. The monoisotopic (exact) mass is 271 g/mol. The van der Waals surface area contributed by atoms with Crippen molar-refractivity contribution >= 4 is 28.9 Å². The van der Waals surface area contributed by atoms with Gasteiger partial charge in [-0.2, -0.15) is 11.8 Å². The van der Waals surface area contributed by atoms with Crippen LogP contribution in [0.2, 0.25) is 0 Å². The van der Waals surface area contributed by atoms with Crippen molar-refractivity contribution in [3.63, 3.8) is 0 Å². The molecule has 1 aromatic rings. The minimum Gasteiger partial charge on any atom is -0.295 e. The number of rotatable bonds is 6. The highest BCUT2D eigenvalue weighted by atomic mass is 32.2. The number of thioether (sulfide) groups is 1. The van der Waals surface area contributed by atoms with Crippen LogP contribution in [-0.4, -0.2) is 42.3 Å². The Bertz CT molecular complexity index is 387. The van der Waals surface area contributed by atoms with Gasteiger partial charge in [0.15, 0.2) is 5.78 Å². The molecule has 0 aliphatic rings. The molecule has 96 valence electrons. The topological polar surface area (TPSA) is 20.3 Å². The summed E-state index contributed by atoms with van der Waals surface area (Å²) in [6, 6.07) is 2.45. The van der Waals surface area contributed by atoms with Gasteiger partial charge in [0.2, 0.25) is 0 Å². The molecule has 0 saturated heterocycles. The lowest BCUT2D eigenvalue weighted by Gasteiger charge is -2.23. The molecule has 0 saturated carbocycles. The number of hydrogen-bond donors (Lipinski definition) is 0. The van der Waals surface area contributed by atoms with E-state index in [9.17, 15) is 4.79 Å². The van der Waals surface area contributed by atoms with E-state index in [0.717, 1.165) is 16.2 Å². The van der Waals surface area contributed by atoms with Crippen LogP contribution in [-0.2, 0) is 0 Å². The number of hydrogen-bond acceptors (Lipinski definition) is 4. The highest BCUT2D eigenvalue weighted by Gasteiger charge is 2.16. The predicted octanol–water partition coefficient (Wildman–Crippen LogP) is 3.23. The maximum absolute atomic E-state index is 12.2. The van der Waals surface area contributed by atoms with Crippen LogP contribution in [0.4, 0.5) is 0 Å². The van der Waals surface area contributed by atoms with Crippen molar-refractivity contribution in [1.29, 1.82) is 0 Å². The Kier molecular flexibility index (Phi) is 5.70. The highest BCUT2D eigenvalue weighted by Crippen LogP contribution is 2.21. The fraction of sp³-hybridized carbons (Fsp3) is 0.615. The molecule has 0 aliphatic carbocycles. The van der Waals surface area contributed by atoms with E-state index in [1.165, 1.54) is 4.88 Å². The minimum atomic E-state index is 0.238. The molecular formula is C13H21NOS2. The van der Waals surface area contributed by atoms with Gasteiger partial charge in [0, 0.05) is 27.1 Å². The lowest BCUT2D eigenvalue weighted by molar-refractivity contribution is 0.0930. The third kappa shape index (κ3) is 4.12. The number of carbonyl (C=O) groups excluding carboxylic acids is 1. The predicted molar refractivity (Wildman–Crippen MR) is 78.6 cm³/mol. The summed E-state index contributed by atoms with van der Waals surface area (Å²) in [5, 5.41) is 0. The Balaban J connectivity index is 2.63. The van der Waals surface area contributed by atoms with Crippen LogP contribution in [0.3, 0.4) is 0 Å². The van der Waals surface area contributed by atoms with Gasteiger partial charge in [-0.15, -0.1) is 11.3 Å².